The summed E-state index contributed by atoms with van der Waals surface area (Å²) in [6, 6.07) is 0. The highest BCUT2D eigenvalue weighted by atomic mass is 14.3. The van der Waals surface area contributed by atoms with Crippen molar-refractivity contribution in [3.8, 4) is 0 Å². The van der Waals surface area contributed by atoms with Crippen LogP contribution in [0.25, 0.3) is 0 Å². The zero-order chi connectivity index (χ0) is 13.2. The van der Waals surface area contributed by atoms with Crippen molar-refractivity contribution in [2.45, 2.75) is 85.0 Å². The van der Waals surface area contributed by atoms with E-state index in [9.17, 15) is 0 Å². The smallest absolute Gasteiger partial charge is 0.0322 e. The third kappa shape index (κ3) is 6.61. The Morgan fingerprint density at radius 1 is 1.11 bits per heavy atom. The third-order valence-corrected chi connectivity index (χ3v) is 4.53. The molecule has 0 amide bonds. The van der Waals surface area contributed by atoms with Crippen molar-refractivity contribution in [1.29, 1.82) is 0 Å². The van der Waals surface area contributed by atoms with E-state index in [-0.39, 0.29) is 0 Å². The maximum Gasteiger partial charge on any atom is -0.0322 e. The van der Waals surface area contributed by atoms with E-state index in [1.165, 1.54) is 64.2 Å². The first kappa shape index (κ1) is 15.8. The van der Waals surface area contributed by atoms with Crippen molar-refractivity contribution < 1.29 is 0 Å². The highest BCUT2D eigenvalue weighted by Gasteiger charge is 2.23. The maximum atomic E-state index is 2.47. The van der Waals surface area contributed by atoms with Crippen molar-refractivity contribution in [2.24, 2.45) is 17.8 Å². The fourth-order valence-corrected chi connectivity index (χ4v) is 3.48. The summed E-state index contributed by atoms with van der Waals surface area (Å²) in [5.74, 6) is 3.00. The molecule has 0 aromatic carbocycles. The lowest BCUT2D eigenvalue weighted by atomic mass is 9.87. The molecule has 0 aromatic rings. The molecule has 1 saturated carbocycles. The highest BCUT2D eigenvalue weighted by molar-refractivity contribution is 4.85. The van der Waals surface area contributed by atoms with E-state index >= 15 is 0 Å². The Morgan fingerprint density at radius 3 is 2.56 bits per heavy atom. The largest absolute Gasteiger partial charge is 0.0885 e. The van der Waals surface area contributed by atoms with E-state index in [4.69, 9.17) is 0 Å². The lowest BCUT2D eigenvalue weighted by Crippen LogP contribution is -2.06. The molecule has 0 heteroatoms. The molecule has 106 valence electrons. The fourth-order valence-electron chi connectivity index (χ4n) is 3.48. The molecule has 0 aliphatic heterocycles. The summed E-state index contributed by atoms with van der Waals surface area (Å²) >= 11 is 0. The van der Waals surface area contributed by atoms with Gasteiger partial charge in [-0.25, -0.2) is 0 Å². The Morgan fingerprint density at radius 2 is 1.94 bits per heavy atom. The van der Waals surface area contributed by atoms with E-state index in [1.54, 1.807) is 0 Å². The van der Waals surface area contributed by atoms with Crippen LogP contribution in [0.3, 0.4) is 0 Å². The summed E-state index contributed by atoms with van der Waals surface area (Å²) in [6.07, 6.45) is 19.0. The van der Waals surface area contributed by atoms with Crippen LogP contribution in [0.1, 0.15) is 85.0 Å². The summed E-state index contributed by atoms with van der Waals surface area (Å²) < 4.78 is 0. The molecule has 1 aliphatic rings. The van der Waals surface area contributed by atoms with Crippen LogP contribution in [0.2, 0.25) is 0 Å². The first-order chi connectivity index (χ1) is 8.76. The minimum Gasteiger partial charge on any atom is -0.0885 e. The standard InChI is InChI=1S/C18H34/c1-4-6-7-8-9-11-17(10-5-2)15-18-13-12-16(3)14-18/h8-9,16-18H,4-7,10-15H2,1-3H3/b9-8-. The normalized spacial score (nSPS) is 25.9. The Balaban J connectivity index is 2.23. The lowest BCUT2D eigenvalue weighted by molar-refractivity contribution is 0.350. The Hall–Kier alpha value is -0.260. The molecule has 0 nitrogen and oxygen atoms in total. The summed E-state index contributed by atoms with van der Waals surface area (Å²) in [5.41, 5.74) is 0. The predicted octanol–water partition coefficient (Wildman–Crippen LogP) is 6.37. The van der Waals surface area contributed by atoms with Crippen LogP contribution in [-0.2, 0) is 0 Å². The van der Waals surface area contributed by atoms with E-state index < -0.39 is 0 Å². The molecule has 3 unspecified atom stereocenters. The van der Waals surface area contributed by atoms with Crippen LogP contribution in [0.15, 0.2) is 12.2 Å². The molecule has 0 radical (unpaired) electrons. The van der Waals surface area contributed by atoms with Crippen molar-refractivity contribution in [2.75, 3.05) is 0 Å². The molecule has 3 atom stereocenters. The Labute approximate surface area is 115 Å². The van der Waals surface area contributed by atoms with Gasteiger partial charge < -0.3 is 0 Å². The van der Waals surface area contributed by atoms with Crippen molar-refractivity contribution >= 4 is 0 Å². The molecule has 0 spiro atoms. The van der Waals surface area contributed by atoms with Crippen molar-refractivity contribution in [3.63, 3.8) is 0 Å². The van der Waals surface area contributed by atoms with Gasteiger partial charge in [0.1, 0.15) is 0 Å². The first-order valence-corrected chi connectivity index (χ1v) is 8.41. The topological polar surface area (TPSA) is 0 Å². The van der Waals surface area contributed by atoms with Gasteiger partial charge in [0, 0.05) is 0 Å². The average Bonchev–Trinajstić information content (AvgIpc) is 2.75. The van der Waals surface area contributed by atoms with Gasteiger partial charge in [0.15, 0.2) is 0 Å². The zero-order valence-corrected chi connectivity index (χ0v) is 13.0. The second-order valence-electron chi connectivity index (χ2n) is 6.52. The zero-order valence-electron chi connectivity index (χ0n) is 13.0. The fraction of sp³-hybridized carbons (Fsp3) is 0.889. The summed E-state index contributed by atoms with van der Waals surface area (Å²) in [4.78, 5) is 0. The summed E-state index contributed by atoms with van der Waals surface area (Å²) in [7, 11) is 0. The van der Waals surface area contributed by atoms with Crippen LogP contribution in [0.4, 0.5) is 0 Å². The molecule has 0 N–H and O–H groups in total. The quantitative estimate of drug-likeness (QED) is 0.329. The summed E-state index contributed by atoms with van der Waals surface area (Å²) in [5, 5.41) is 0. The monoisotopic (exact) mass is 250 g/mol. The van der Waals surface area contributed by atoms with Crippen LogP contribution >= 0.6 is 0 Å². The molecule has 0 bridgehead atoms. The van der Waals surface area contributed by atoms with E-state index in [2.05, 4.69) is 32.9 Å². The van der Waals surface area contributed by atoms with Gasteiger partial charge in [-0.2, -0.15) is 0 Å². The van der Waals surface area contributed by atoms with Gasteiger partial charge >= 0.3 is 0 Å². The van der Waals surface area contributed by atoms with Crippen LogP contribution < -0.4 is 0 Å². The van der Waals surface area contributed by atoms with E-state index in [0.29, 0.717) is 0 Å². The molecule has 18 heavy (non-hydrogen) atoms. The molecule has 1 rings (SSSR count). The van der Waals surface area contributed by atoms with Gasteiger partial charge in [-0.05, 0) is 43.4 Å². The maximum absolute atomic E-state index is 2.47. The van der Waals surface area contributed by atoms with Crippen molar-refractivity contribution in [1.82, 2.24) is 0 Å². The molecule has 0 aromatic heterocycles. The molecular weight excluding hydrogens is 216 g/mol. The van der Waals surface area contributed by atoms with E-state index in [0.717, 1.165) is 17.8 Å². The molecule has 0 saturated heterocycles. The first-order valence-electron chi connectivity index (χ1n) is 8.41. The predicted molar refractivity (Wildman–Crippen MR) is 82.8 cm³/mol. The van der Waals surface area contributed by atoms with Gasteiger partial charge in [0.2, 0.25) is 0 Å². The minimum atomic E-state index is 0.961. The lowest BCUT2D eigenvalue weighted by Gasteiger charge is -2.18. The second-order valence-corrected chi connectivity index (χ2v) is 6.52. The SMILES string of the molecule is CCCC/C=C\CC(CCC)CC1CCC(C)C1. The Bertz CT molecular complexity index is 216. The second kappa shape index (κ2) is 9.64. The van der Waals surface area contributed by atoms with Crippen LogP contribution in [0, 0.1) is 17.8 Å². The molecule has 1 aliphatic carbocycles. The van der Waals surface area contributed by atoms with Gasteiger partial charge in [0.05, 0.1) is 0 Å². The molecular formula is C18H34. The number of hydrogen-bond acceptors (Lipinski definition) is 0. The van der Waals surface area contributed by atoms with E-state index in [1.807, 2.05) is 0 Å². The van der Waals surface area contributed by atoms with Gasteiger partial charge in [-0.1, -0.05) is 71.4 Å². The molecule has 0 heterocycles. The molecule has 1 fully saturated rings. The number of unbranched alkanes of at least 4 members (excludes halogenated alkanes) is 2. The Kier molecular flexibility index (Phi) is 8.46. The van der Waals surface area contributed by atoms with Gasteiger partial charge in [-0.15, -0.1) is 0 Å². The highest BCUT2D eigenvalue weighted by Crippen LogP contribution is 2.36. The van der Waals surface area contributed by atoms with Gasteiger partial charge in [0.25, 0.3) is 0 Å². The third-order valence-electron chi connectivity index (χ3n) is 4.53. The number of hydrogen-bond donors (Lipinski definition) is 0. The number of rotatable bonds is 9. The summed E-state index contributed by atoms with van der Waals surface area (Å²) in [6.45, 7) is 7.04. The van der Waals surface area contributed by atoms with Crippen LogP contribution in [0.5, 0.6) is 0 Å². The average molecular weight is 250 g/mol. The number of allylic oxidation sites excluding steroid dienone is 2. The van der Waals surface area contributed by atoms with Gasteiger partial charge in [-0.3, -0.25) is 0 Å². The van der Waals surface area contributed by atoms with Crippen molar-refractivity contribution in [3.05, 3.63) is 12.2 Å². The minimum absolute atomic E-state index is 0.961. The van der Waals surface area contributed by atoms with Crippen LogP contribution in [-0.4, -0.2) is 0 Å².